The molecule has 0 spiro atoms. The van der Waals surface area contributed by atoms with Crippen LogP contribution in [0.25, 0.3) is 0 Å². The third-order valence-electron chi connectivity index (χ3n) is 2.42. The van der Waals surface area contributed by atoms with Crippen molar-refractivity contribution >= 4 is 15.7 Å². The number of anilines is 1. The van der Waals surface area contributed by atoms with Crippen LogP contribution in [0.15, 0.2) is 35.4 Å². The molecule has 0 radical (unpaired) electrons. The molecule has 0 aliphatic carbocycles. The maximum atomic E-state index is 13.4. The minimum Gasteiger partial charge on any atom is -0.276 e. The normalized spacial score (nSPS) is 11.0. The fraction of sp³-hybridized carbons (Fsp3) is 0. The predicted octanol–water partition coefficient (Wildman–Crippen LogP) is 2.17. The Balaban J connectivity index is 2.48. The highest BCUT2D eigenvalue weighted by Gasteiger charge is 2.22. The number of nitriles is 1. The Bertz CT molecular complexity index is 847. The molecular formula is C12H6F3N3O2S. The highest BCUT2D eigenvalue weighted by atomic mass is 32.2. The van der Waals surface area contributed by atoms with E-state index in [-0.39, 0.29) is 6.07 Å². The van der Waals surface area contributed by atoms with E-state index in [1.165, 1.54) is 12.3 Å². The molecule has 0 fully saturated rings. The van der Waals surface area contributed by atoms with Crippen LogP contribution in [0, 0.1) is 28.8 Å². The summed E-state index contributed by atoms with van der Waals surface area (Å²) in [5, 5.41) is 8.79. The summed E-state index contributed by atoms with van der Waals surface area (Å²) in [6.07, 6.45) is 1.20. The lowest BCUT2D eigenvalue weighted by molar-refractivity contribution is 0.496. The van der Waals surface area contributed by atoms with Gasteiger partial charge in [-0.3, -0.25) is 4.72 Å². The first kappa shape index (κ1) is 14.8. The lowest BCUT2D eigenvalue weighted by Gasteiger charge is -2.10. The first-order valence-electron chi connectivity index (χ1n) is 5.37. The van der Waals surface area contributed by atoms with E-state index in [1.807, 2.05) is 0 Å². The number of hydrogen-bond donors (Lipinski definition) is 1. The molecule has 0 aliphatic rings. The van der Waals surface area contributed by atoms with Gasteiger partial charge in [-0.1, -0.05) is 0 Å². The molecule has 0 unspecified atom stereocenters. The van der Waals surface area contributed by atoms with Crippen LogP contribution in [-0.2, 0) is 10.0 Å². The van der Waals surface area contributed by atoms with Gasteiger partial charge in [-0.05, 0) is 12.1 Å². The first-order valence-corrected chi connectivity index (χ1v) is 6.86. The summed E-state index contributed by atoms with van der Waals surface area (Å²) in [7, 11) is -4.37. The van der Waals surface area contributed by atoms with Crippen LogP contribution in [-0.4, -0.2) is 13.4 Å². The third kappa shape index (κ3) is 2.95. The Hall–Kier alpha value is -2.60. The fourth-order valence-electron chi connectivity index (χ4n) is 1.49. The average molecular weight is 313 g/mol. The van der Waals surface area contributed by atoms with Gasteiger partial charge in [0.25, 0.3) is 10.0 Å². The number of benzene rings is 1. The van der Waals surface area contributed by atoms with Gasteiger partial charge in [0, 0.05) is 18.3 Å². The molecule has 5 nitrogen and oxygen atoms in total. The van der Waals surface area contributed by atoms with E-state index in [0.29, 0.717) is 6.07 Å². The van der Waals surface area contributed by atoms with Gasteiger partial charge in [0.2, 0.25) is 0 Å². The number of nitrogens with zero attached hydrogens (tertiary/aromatic N) is 2. The van der Waals surface area contributed by atoms with Crippen molar-refractivity contribution in [3.05, 3.63) is 53.6 Å². The molecular weight excluding hydrogens is 307 g/mol. The summed E-state index contributed by atoms with van der Waals surface area (Å²) in [6.45, 7) is 0. The molecule has 2 rings (SSSR count). The number of rotatable bonds is 3. The van der Waals surface area contributed by atoms with Crippen LogP contribution >= 0.6 is 0 Å². The number of hydrogen-bond acceptors (Lipinski definition) is 4. The highest BCUT2D eigenvalue weighted by molar-refractivity contribution is 7.92. The van der Waals surface area contributed by atoms with E-state index in [1.54, 1.807) is 10.8 Å². The summed E-state index contributed by atoms with van der Waals surface area (Å²) in [6, 6.07) is 4.48. The maximum absolute atomic E-state index is 13.4. The van der Waals surface area contributed by atoms with Gasteiger partial charge in [-0.15, -0.1) is 0 Å². The van der Waals surface area contributed by atoms with Gasteiger partial charge in [-0.2, -0.15) is 5.26 Å². The SMILES string of the molecule is N#Cc1ncccc1S(=O)(=O)Nc1cc(F)c(F)cc1F. The van der Waals surface area contributed by atoms with Gasteiger partial charge in [0.1, 0.15) is 16.8 Å². The van der Waals surface area contributed by atoms with E-state index >= 15 is 0 Å². The molecule has 2 aromatic rings. The lowest BCUT2D eigenvalue weighted by Crippen LogP contribution is -2.16. The summed E-state index contributed by atoms with van der Waals surface area (Å²) < 4.78 is 65.1. The van der Waals surface area contributed by atoms with Crippen molar-refractivity contribution in [3.63, 3.8) is 0 Å². The Morgan fingerprint density at radius 2 is 1.81 bits per heavy atom. The second-order valence-electron chi connectivity index (χ2n) is 3.81. The third-order valence-corrected chi connectivity index (χ3v) is 3.82. The molecule has 9 heteroatoms. The van der Waals surface area contributed by atoms with Crippen molar-refractivity contribution in [2.24, 2.45) is 0 Å². The minimum atomic E-state index is -4.37. The molecule has 108 valence electrons. The van der Waals surface area contributed by atoms with E-state index in [4.69, 9.17) is 5.26 Å². The molecule has 0 aliphatic heterocycles. The zero-order valence-corrected chi connectivity index (χ0v) is 11.0. The Morgan fingerprint density at radius 3 is 2.48 bits per heavy atom. The highest BCUT2D eigenvalue weighted by Crippen LogP contribution is 2.22. The van der Waals surface area contributed by atoms with Crippen LogP contribution in [0.1, 0.15) is 5.69 Å². The molecule has 1 aromatic heterocycles. The maximum Gasteiger partial charge on any atom is 0.264 e. The monoisotopic (exact) mass is 313 g/mol. The summed E-state index contributed by atoms with van der Waals surface area (Å²) >= 11 is 0. The van der Waals surface area contributed by atoms with E-state index < -0.39 is 43.8 Å². The minimum absolute atomic E-state index is 0.210. The molecule has 0 saturated heterocycles. The molecule has 0 saturated carbocycles. The molecule has 0 bridgehead atoms. The molecule has 0 amide bonds. The van der Waals surface area contributed by atoms with Gasteiger partial charge in [0.05, 0.1) is 5.69 Å². The molecule has 0 atom stereocenters. The zero-order chi connectivity index (χ0) is 15.6. The smallest absolute Gasteiger partial charge is 0.264 e. The summed E-state index contributed by atoms with van der Waals surface area (Å²) in [5.74, 6) is -4.16. The lowest BCUT2D eigenvalue weighted by atomic mass is 10.3. The Morgan fingerprint density at radius 1 is 1.14 bits per heavy atom. The van der Waals surface area contributed by atoms with E-state index in [2.05, 4.69) is 4.98 Å². The molecule has 1 N–H and O–H groups in total. The summed E-state index contributed by atoms with van der Waals surface area (Å²) in [4.78, 5) is 3.05. The number of nitrogens with one attached hydrogen (secondary N) is 1. The molecule has 21 heavy (non-hydrogen) atoms. The number of sulfonamides is 1. The predicted molar refractivity (Wildman–Crippen MR) is 66.1 cm³/mol. The van der Waals surface area contributed by atoms with Crippen LogP contribution in [0.5, 0.6) is 0 Å². The van der Waals surface area contributed by atoms with E-state index in [0.717, 1.165) is 6.07 Å². The molecule has 1 aromatic carbocycles. The van der Waals surface area contributed by atoms with Crippen LogP contribution in [0.2, 0.25) is 0 Å². The fourth-order valence-corrected chi connectivity index (χ4v) is 2.66. The average Bonchev–Trinajstić information content (AvgIpc) is 2.44. The quantitative estimate of drug-likeness (QED) is 0.880. The van der Waals surface area contributed by atoms with Crippen molar-refractivity contribution < 1.29 is 21.6 Å². The zero-order valence-electron chi connectivity index (χ0n) is 10.1. The Kier molecular flexibility index (Phi) is 3.82. The standard InChI is InChI=1S/C12H6F3N3O2S/c13-7-4-9(15)10(5-8(7)14)18-21(19,20)12-2-1-3-17-11(12)6-16/h1-5,18H. The van der Waals surface area contributed by atoms with Crippen LogP contribution < -0.4 is 4.72 Å². The van der Waals surface area contributed by atoms with Crippen molar-refractivity contribution in [2.75, 3.05) is 4.72 Å². The van der Waals surface area contributed by atoms with Crippen molar-refractivity contribution in [1.29, 1.82) is 5.26 Å². The number of pyridine rings is 1. The van der Waals surface area contributed by atoms with Gasteiger partial charge in [0.15, 0.2) is 17.3 Å². The topological polar surface area (TPSA) is 82.8 Å². The van der Waals surface area contributed by atoms with Crippen LogP contribution in [0.4, 0.5) is 18.9 Å². The van der Waals surface area contributed by atoms with Crippen LogP contribution in [0.3, 0.4) is 0 Å². The summed E-state index contributed by atoms with van der Waals surface area (Å²) in [5.41, 5.74) is -1.19. The van der Waals surface area contributed by atoms with Gasteiger partial charge in [-0.25, -0.2) is 26.6 Å². The second kappa shape index (κ2) is 5.41. The second-order valence-corrected chi connectivity index (χ2v) is 5.46. The van der Waals surface area contributed by atoms with Gasteiger partial charge >= 0.3 is 0 Å². The van der Waals surface area contributed by atoms with Gasteiger partial charge < -0.3 is 0 Å². The van der Waals surface area contributed by atoms with Crippen molar-refractivity contribution in [1.82, 2.24) is 4.98 Å². The van der Waals surface area contributed by atoms with Crippen molar-refractivity contribution in [2.45, 2.75) is 4.90 Å². The largest absolute Gasteiger partial charge is 0.276 e. The number of halogens is 3. The molecule has 1 heterocycles. The van der Waals surface area contributed by atoms with Crippen molar-refractivity contribution in [3.8, 4) is 6.07 Å². The van der Waals surface area contributed by atoms with E-state index in [9.17, 15) is 21.6 Å². The number of aromatic nitrogens is 1. The first-order chi connectivity index (χ1) is 9.85. The Labute approximate surface area is 117 Å².